The lowest BCUT2D eigenvalue weighted by Gasteiger charge is -2.04. The minimum atomic E-state index is -0.0598. The number of carbonyl (C=O) groups excluding carboxylic acids is 1. The third kappa shape index (κ3) is 2.88. The van der Waals surface area contributed by atoms with Gasteiger partial charge in [-0.05, 0) is 25.0 Å². The molecule has 1 rings (SSSR count). The van der Waals surface area contributed by atoms with Crippen LogP contribution in [0.1, 0.15) is 23.3 Å². The van der Waals surface area contributed by atoms with Gasteiger partial charge in [-0.3, -0.25) is 4.79 Å². The fourth-order valence-corrected chi connectivity index (χ4v) is 1.23. The molecule has 78 valence electrons. The van der Waals surface area contributed by atoms with Crippen LogP contribution in [0.3, 0.4) is 0 Å². The zero-order valence-corrected chi connectivity index (χ0v) is 8.36. The van der Waals surface area contributed by atoms with Gasteiger partial charge in [0.15, 0.2) is 0 Å². The Morgan fingerprint density at radius 1 is 1.57 bits per heavy atom. The molecule has 1 aromatic heterocycles. The SMILES string of the molecule is Cn1cccc1C(=O)NCCCCO. The first kappa shape index (κ1) is 10.8. The number of nitrogens with one attached hydrogen (secondary N) is 1. The summed E-state index contributed by atoms with van der Waals surface area (Å²) in [6.07, 6.45) is 3.38. The molecule has 0 unspecified atom stereocenters. The lowest BCUT2D eigenvalue weighted by atomic mass is 10.3. The zero-order chi connectivity index (χ0) is 10.4. The van der Waals surface area contributed by atoms with E-state index in [0.29, 0.717) is 12.2 Å². The van der Waals surface area contributed by atoms with Crippen molar-refractivity contribution in [2.45, 2.75) is 12.8 Å². The van der Waals surface area contributed by atoms with Crippen molar-refractivity contribution in [2.75, 3.05) is 13.2 Å². The number of rotatable bonds is 5. The fourth-order valence-electron chi connectivity index (χ4n) is 1.23. The summed E-state index contributed by atoms with van der Waals surface area (Å²) in [6, 6.07) is 3.62. The van der Waals surface area contributed by atoms with E-state index in [0.717, 1.165) is 12.8 Å². The van der Waals surface area contributed by atoms with Gasteiger partial charge in [0, 0.05) is 26.4 Å². The number of aliphatic hydroxyl groups is 1. The number of aryl methyl sites for hydroxylation is 1. The largest absolute Gasteiger partial charge is 0.396 e. The summed E-state index contributed by atoms with van der Waals surface area (Å²) in [4.78, 5) is 11.5. The molecule has 0 aliphatic carbocycles. The summed E-state index contributed by atoms with van der Waals surface area (Å²) in [5, 5.41) is 11.3. The molecule has 14 heavy (non-hydrogen) atoms. The fraction of sp³-hybridized carbons (Fsp3) is 0.500. The Labute approximate surface area is 83.5 Å². The van der Waals surface area contributed by atoms with E-state index in [9.17, 15) is 4.79 Å². The van der Waals surface area contributed by atoms with Crippen LogP contribution in [-0.4, -0.2) is 28.7 Å². The summed E-state index contributed by atoms with van der Waals surface area (Å²) < 4.78 is 1.78. The quantitative estimate of drug-likeness (QED) is 0.675. The van der Waals surface area contributed by atoms with Gasteiger partial charge in [-0.15, -0.1) is 0 Å². The van der Waals surface area contributed by atoms with Crippen molar-refractivity contribution >= 4 is 5.91 Å². The van der Waals surface area contributed by atoms with Gasteiger partial charge >= 0.3 is 0 Å². The molecule has 0 aliphatic rings. The van der Waals surface area contributed by atoms with Gasteiger partial charge < -0.3 is 15.0 Å². The number of hydrogen-bond acceptors (Lipinski definition) is 2. The Balaban J connectivity index is 2.32. The highest BCUT2D eigenvalue weighted by Gasteiger charge is 2.06. The zero-order valence-electron chi connectivity index (χ0n) is 8.36. The molecule has 0 aromatic carbocycles. The van der Waals surface area contributed by atoms with E-state index >= 15 is 0 Å². The standard InChI is InChI=1S/C10H16N2O2/c1-12-7-4-5-9(12)10(14)11-6-2-3-8-13/h4-5,7,13H,2-3,6,8H2,1H3,(H,11,14). The van der Waals surface area contributed by atoms with Crippen molar-refractivity contribution in [1.29, 1.82) is 0 Å². The summed E-state index contributed by atoms with van der Waals surface area (Å²) in [5.74, 6) is -0.0598. The van der Waals surface area contributed by atoms with Gasteiger partial charge in [0.25, 0.3) is 5.91 Å². The average molecular weight is 196 g/mol. The average Bonchev–Trinajstić information content (AvgIpc) is 2.59. The van der Waals surface area contributed by atoms with Crippen molar-refractivity contribution < 1.29 is 9.90 Å². The Morgan fingerprint density at radius 2 is 2.36 bits per heavy atom. The monoisotopic (exact) mass is 196 g/mol. The third-order valence-electron chi connectivity index (χ3n) is 2.05. The van der Waals surface area contributed by atoms with Gasteiger partial charge in [0.1, 0.15) is 5.69 Å². The van der Waals surface area contributed by atoms with Crippen LogP contribution in [0.25, 0.3) is 0 Å². The Morgan fingerprint density at radius 3 is 2.93 bits per heavy atom. The van der Waals surface area contributed by atoms with Gasteiger partial charge in [0.05, 0.1) is 0 Å². The predicted molar refractivity (Wildman–Crippen MR) is 54.1 cm³/mol. The van der Waals surface area contributed by atoms with Crippen LogP contribution in [-0.2, 0) is 7.05 Å². The molecule has 1 heterocycles. The lowest BCUT2D eigenvalue weighted by molar-refractivity contribution is 0.0944. The summed E-state index contributed by atoms with van der Waals surface area (Å²) in [7, 11) is 1.84. The van der Waals surface area contributed by atoms with Gasteiger partial charge in [-0.2, -0.15) is 0 Å². The molecule has 0 spiro atoms. The first-order valence-electron chi connectivity index (χ1n) is 4.76. The van der Waals surface area contributed by atoms with E-state index in [4.69, 9.17) is 5.11 Å². The van der Waals surface area contributed by atoms with Crippen LogP contribution in [0.15, 0.2) is 18.3 Å². The minimum Gasteiger partial charge on any atom is -0.396 e. The molecule has 0 atom stereocenters. The maximum Gasteiger partial charge on any atom is 0.267 e. The predicted octanol–water partition coefficient (Wildman–Crippen LogP) is 0.527. The van der Waals surface area contributed by atoms with Crippen LogP contribution in [0, 0.1) is 0 Å². The number of amides is 1. The molecule has 0 aliphatic heterocycles. The van der Waals surface area contributed by atoms with Crippen LogP contribution < -0.4 is 5.32 Å². The van der Waals surface area contributed by atoms with E-state index in [2.05, 4.69) is 5.32 Å². The molecule has 1 aromatic rings. The molecule has 0 saturated carbocycles. The number of nitrogens with zero attached hydrogens (tertiary/aromatic N) is 1. The molecule has 0 radical (unpaired) electrons. The third-order valence-corrected chi connectivity index (χ3v) is 2.05. The molecule has 2 N–H and O–H groups in total. The number of carbonyl (C=O) groups is 1. The summed E-state index contributed by atoms with van der Waals surface area (Å²) >= 11 is 0. The first-order valence-corrected chi connectivity index (χ1v) is 4.76. The number of aliphatic hydroxyl groups excluding tert-OH is 1. The highest BCUT2D eigenvalue weighted by molar-refractivity contribution is 5.92. The Bertz CT molecular complexity index is 294. The van der Waals surface area contributed by atoms with Crippen molar-refractivity contribution in [3.63, 3.8) is 0 Å². The second kappa shape index (κ2) is 5.44. The molecule has 0 saturated heterocycles. The Kier molecular flexibility index (Phi) is 4.19. The first-order chi connectivity index (χ1) is 6.75. The molecule has 0 bridgehead atoms. The summed E-state index contributed by atoms with van der Waals surface area (Å²) in [6.45, 7) is 0.796. The van der Waals surface area contributed by atoms with Crippen LogP contribution >= 0.6 is 0 Å². The summed E-state index contributed by atoms with van der Waals surface area (Å²) in [5.41, 5.74) is 0.661. The van der Waals surface area contributed by atoms with Crippen molar-refractivity contribution in [3.8, 4) is 0 Å². The van der Waals surface area contributed by atoms with E-state index < -0.39 is 0 Å². The molecule has 4 heteroatoms. The van der Waals surface area contributed by atoms with Crippen molar-refractivity contribution in [1.82, 2.24) is 9.88 Å². The highest BCUT2D eigenvalue weighted by atomic mass is 16.2. The van der Waals surface area contributed by atoms with Crippen LogP contribution in [0.4, 0.5) is 0 Å². The van der Waals surface area contributed by atoms with Gasteiger partial charge in [-0.1, -0.05) is 0 Å². The van der Waals surface area contributed by atoms with E-state index in [-0.39, 0.29) is 12.5 Å². The topological polar surface area (TPSA) is 54.3 Å². The van der Waals surface area contributed by atoms with Gasteiger partial charge in [-0.25, -0.2) is 0 Å². The highest BCUT2D eigenvalue weighted by Crippen LogP contribution is 1.98. The molecular formula is C10H16N2O2. The van der Waals surface area contributed by atoms with E-state index in [1.54, 1.807) is 10.6 Å². The molecular weight excluding hydrogens is 180 g/mol. The van der Waals surface area contributed by atoms with Crippen LogP contribution in [0.5, 0.6) is 0 Å². The van der Waals surface area contributed by atoms with Crippen LogP contribution in [0.2, 0.25) is 0 Å². The number of hydrogen-bond donors (Lipinski definition) is 2. The number of unbranched alkanes of at least 4 members (excludes halogenated alkanes) is 1. The van der Waals surface area contributed by atoms with Crippen molar-refractivity contribution in [2.24, 2.45) is 7.05 Å². The molecule has 1 amide bonds. The maximum absolute atomic E-state index is 11.5. The van der Waals surface area contributed by atoms with Crippen molar-refractivity contribution in [3.05, 3.63) is 24.0 Å². The molecule has 0 fully saturated rings. The second-order valence-corrected chi connectivity index (χ2v) is 3.19. The molecule has 4 nitrogen and oxygen atoms in total. The minimum absolute atomic E-state index is 0.0598. The van der Waals surface area contributed by atoms with E-state index in [1.807, 2.05) is 19.3 Å². The number of aromatic nitrogens is 1. The normalized spacial score (nSPS) is 10.1. The van der Waals surface area contributed by atoms with Gasteiger partial charge in [0.2, 0.25) is 0 Å². The van der Waals surface area contributed by atoms with E-state index in [1.165, 1.54) is 0 Å². The maximum atomic E-state index is 11.5. The Hall–Kier alpha value is -1.29. The second-order valence-electron chi connectivity index (χ2n) is 3.19. The smallest absolute Gasteiger partial charge is 0.267 e. The lowest BCUT2D eigenvalue weighted by Crippen LogP contribution is -2.26.